The average Bonchev–Trinajstić information content (AvgIpc) is 2.94. The van der Waals surface area contributed by atoms with Gasteiger partial charge in [0.1, 0.15) is 4.88 Å². The molecule has 2 aromatic rings. The number of para-hydroxylation sites is 2. The summed E-state index contributed by atoms with van der Waals surface area (Å²) in [6, 6.07) is 7.94. The van der Waals surface area contributed by atoms with Gasteiger partial charge in [-0.2, -0.15) is 0 Å². The highest BCUT2D eigenvalue weighted by atomic mass is 32.1. The number of ether oxygens (including phenoxy) is 1. The first-order valence-corrected chi connectivity index (χ1v) is 9.67. The summed E-state index contributed by atoms with van der Waals surface area (Å²) in [5.41, 5.74) is 2.41. The van der Waals surface area contributed by atoms with Crippen LogP contribution in [-0.4, -0.2) is 42.1 Å². The number of benzene rings is 1. The monoisotopic (exact) mass is 388 g/mol. The molecule has 0 saturated carbocycles. The van der Waals surface area contributed by atoms with E-state index in [-0.39, 0.29) is 18.0 Å². The SMILES string of the molecule is CCOC(=O)c1sc(NC(=O)CN2CC(C)(C)Nc3ccccc32)nc1C. The lowest BCUT2D eigenvalue weighted by molar-refractivity contribution is -0.115. The van der Waals surface area contributed by atoms with Crippen LogP contribution in [0.5, 0.6) is 0 Å². The molecule has 0 radical (unpaired) electrons. The zero-order chi connectivity index (χ0) is 19.6. The highest BCUT2D eigenvalue weighted by molar-refractivity contribution is 7.17. The molecule has 2 heterocycles. The summed E-state index contributed by atoms with van der Waals surface area (Å²) in [7, 11) is 0. The van der Waals surface area contributed by atoms with Crippen LogP contribution >= 0.6 is 11.3 Å². The van der Waals surface area contributed by atoms with Crippen LogP contribution in [0.15, 0.2) is 24.3 Å². The number of hydrogen-bond acceptors (Lipinski definition) is 7. The van der Waals surface area contributed by atoms with E-state index in [4.69, 9.17) is 4.74 Å². The number of aryl methyl sites for hydroxylation is 1. The van der Waals surface area contributed by atoms with Gasteiger partial charge in [-0.05, 0) is 39.8 Å². The van der Waals surface area contributed by atoms with Crippen molar-refractivity contribution in [3.8, 4) is 0 Å². The number of hydrogen-bond donors (Lipinski definition) is 2. The van der Waals surface area contributed by atoms with Gasteiger partial charge in [0.2, 0.25) is 5.91 Å². The first-order valence-electron chi connectivity index (χ1n) is 8.85. The number of carbonyl (C=O) groups excluding carboxylic acids is 2. The van der Waals surface area contributed by atoms with E-state index in [1.165, 1.54) is 0 Å². The largest absolute Gasteiger partial charge is 0.462 e. The number of thiazole rings is 1. The van der Waals surface area contributed by atoms with Crippen molar-refractivity contribution in [2.75, 3.05) is 35.2 Å². The van der Waals surface area contributed by atoms with Gasteiger partial charge >= 0.3 is 5.97 Å². The summed E-state index contributed by atoms with van der Waals surface area (Å²) in [4.78, 5) is 31.2. The Morgan fingerprint density at radius 1 is 1.37 bits per heavy atom. The summed E-state index contributed by atoms with van der Waals surface area (Å²) in [5, 5.41) is 6.70. The Morgan fingerprint density at radius 3 is 2.85 bits per heavy atom. The van der Waals surface area contributed by atoms with Crippen LogP contribution in [0.1, 0.15) is 36.1 Å². The normalized spacial score (nSPS) is 14.9. The number of nitrogens with one attached hydrogen (secondary N) is 2. The number of nitrogens with zero attached hydrogens (tertiary/aromatic N) is 2. The van der Waals surface area contributed by atoms with Crippen LogP contribution in [0.2, 0.25) is 0 Å². The summed E-state index contributed by atoms with van der Waals surface area (Å²) in [5.74, 6) is -0.586. The third kappa shape index (κ3) is 4.39. The minimum absolute atomic E-state index is 0.149. The average molecular weight is 388 g/mol. The van der Waals surface area contributed by atoms with Crippen molar-refractivity contribution in [1.82, 2.24) is 4.98 Å². The maximum Gasteiger partial charge on any atom is 0.350 e. The molecule has 0 fully saturated rings. The van der Waals surface area contributed by atoms with Gasteiger partial charge in [0.05, 0.1) is 30.2 Å². The smallest absolute Gasteiger partial charge is 0.350 e. The summed E-state index contributed by atoms with van der Waals surface area (Å²) in [6.45, 7) is 8.89. The van der Waals surface area contributed by atoms with Crippen molar-refractivity contribution in [3.05, 3.63) is 34.8 Å². The van der Waals surface area contributed by atoms with Gasteiger partial charge in [-0.3, -0.25) is 4.79 Å². The number of anilines is 3. The third-order valence-electron chi connectivity index (χ3n) is 4.14. The Hall–Kier alpha value is -2.61. The van der Waals surface area contributed by atoms with Crippen LogP contribution in [0.4, 0.5) is 16.5 Å². The van der Waals surface area contributed by atoms with Crippen LogP contribution in [0.25, 0.3) is 0 Å². The van der Waals surface area contributed by atoms with E-state index in [0.717, 1.165) is 22.7 Å². The van der Waals surface area contributed by atoms with Crippen molar-refractivity contribution < 1.29 is 14.3 Å². The van der Waals surface area contributed by atoms with Crippen molar-refractivity contribution in [3.63, 3.8) is 0 Å². The fourth-order valence-electron chi connectivity index (χ4n) is 3.13. The van der Waals surface area contributed by atoms with E-state index in [9.17, 15) is 9.59 Å². The third-order valence-corrected chi connectivity index (χ3v) is 5.20. The Balaban J connectivity index is 1.71. The van der Waals surface area contributed by atoms with Gasteiger partial charge in [0.25, 0.3) is 0 Å². The quantitative estimate of drug-likeness (QED) is 0.765. The summed E-state index contributed by atoms with van der Waals surface area (Å²) < 4.78 is 5.01. The fourth-order valence-corrected chi connectivity index (χ4v) is 4.01. The van der Waals surface area contributed by atoms with Crippen LogP contribution in [0.3, 0.4) is 0 Å². The molecule has 8 heteroatoms. The number of fused-ring (bicyclic) bond motifs is 1. The molecule has 0 aliphatic carbocycles. The second-order valence-corrected chi connectivity index (χ2v) is 8.08. The minimum Gasteiger partial charge on any atom is -0.462 e. The lowest BCUT2D eigenvalue weighted by Crippen LogP contribution is -2.50. The molecule has 144 valence electrons. The Morgan fingerprint density at radius 2 is 2.11 bits per heavy atom. The molecule has 0 unspecified atom stereocenters. The van der Waals surface area contributed by atoms with Crippen LogP contribution in [-0.2, 0) is 9.53 Å². The van der Waals surface area contributed by atoms with Crippen molar-refractivity contribution in [2.45, 2.75) is 33.2 Å². The second kappa shape index (κ2) is 7.56. The first-order chi connectivity index (χ1) is 12.8. The molecule has 3 rings (SSSR count). The Kier molecular flexibility index (Phi) is 5.36. The lowest BCUT2D eigenvalue weighted by Gasteiger charge is -2.41. The van der Waals surface area contributed by atoms with Gasteiger partial charge in [0, 0.05) is 12.1 Å². The van der Waals surface area contributed by atoms with Gasteiger partial charge in [0.15, 0.2) is 5.13 Å². The van der Waals surface area contributed by atoms with Crippen molar-refractivity contribution >= 4 is 39.7 Å². The van der Waals surface area contributed by atoms with E-state index in [1.54, 1.807) is 13.8 Å². The number of aromatic nitrogens is 1. The van der Waals surface area contributed by atoms with E-state index >= 15 is 0 Å². The van der Waals surface area contributed by atoms with Crippen LogP contribution < -0.4 is 15.5 Å². The van der Waals surface area contributed by atoms with E-state index in [1.807, 2.05) is 29.2 Å². The van der Waals surface area contributed by atoms with E-state index in [0.29, 0.717) is 28.9 Å². The second-order valence-electron chi connectivity index (χ2n) is 7.08. The highest BCUT2D eigenvalue weighted by Gasteiger charge is 2.30. The molecule has 0 saturated heterocycles. The molecule has 2 N–H and O–H groups in total. The first kappa shape index (κ1) is 19.2. The van der Waals surface area contributed by atoms with E-state index < -0.39 is 5.97 Å². The molecule has 0 bridgehead atoms. The molecular formula is C19H24N4O3S. The molecule has 1 amide bonds. The molecule has 0 spiro atoms. The molecule has 7 nitrogen and oxygen atoms in total. The molecular weight excluding hydrogens is 364 g/mol. The number of amides is 1. The Labute approximate surface area is 162 Å². The predicted octanol–water partition coefficient (Wildman–Crippen LogP) is 3.28. The number of rotatable bonds is 5. The standard InChI is InChI=1S/C19H24N4O3S/c1-5-26-17(25)16-12(2)20-18(27-16)21-15(24)10-23-11-19(3,4)22-13-8-6-7-9-14(13)23/h6-9,22H,5,10-11H2,1-4H3,(H,20,21,24). The maximum absolute atomic E-state index is 12.6. The Bertz CT molecular complexity index is 862. The molecule has 0 atom stereocenters. The minimum atomic E-state index is -0.411. The fraction of sp³-hybridized carbons (Fsp3) is 0.421. The zero-order valence-corrected chi connectivity index (χ0v) is 16.8. The summed E-state index contributed by atoms with van der Waals surface area (Å²) >= 11 is 1.13. The highest BCUT2D eigenvalue weighted by Crippen LogP contribution is 2.34. The van der Waals surface area contributed by atoms with Gasteiger partial charge in [-0.25, -0.2) is 9.78 Å². The predicted molar refractivity (Wildman–Crippen MR) is 108 cm³/mol. The van der Waals surface area contributed by atoms with Crippen molar-refractivity contribution in [2.24, 2.45) is 0 Å². The molecule has 1 aliphatic rings. The lowest BCUT2D eigenvalue weighted by atomic mass is 9.99. The topological polar surface area (TPSA) is 83.6 Å². The van der Waals surface area contributed by atoms with Crippen LogP contribution in [0, 0.1) is 6.92 Å². The van der Waals surface area contributed by atoms with E-state index in [2.05, 4.69) is 29.5 Å². The van der Waals surface area contributed by atoms with Gasteiger partial charge < -0.3 is 20.3 Å². The number of carbonyl (C=O) groups is 2. The molecule has 27 heavy (non-hydrogen) atoms. The molecule has 1 aliphatic heterocycles. The van der Waals surface area contributed by atoms with Crippen molar-refractivity contribution in [1.29, 1.82) is 0 Å². The van der Waals surface area contributed by atoms with Gasteiger partial charge in [-0.1, -0.05) is 23.5 Å². The molecule has 1 aromatic heterocycles. The summed E-state index contributed by atoms with van der Waals surface area (Å²) in [6.07, 6.45) is 0. The van der Waals surface area contributed by atoms with Gasteiger partial charge in [-0.15, -0.1) is 0 Å². The molecule has 1 aromatic carbocycles. The maximum atomic E-state index is 12.6. The zero-order valence-electron chi connectivity index (χ0n) is 16.0. The number of esters is 1.